The highest BCUT2D eigenvalue weighted by molar-refractivity contribution is 5.85. The van der Waals surface area contributed by atoms with Crippen molar-refractivity contribution in [3.8, 4) is 0 Å². The molecule has 3 nitrogen and oxygen atoms in total. The summed E-state index contributed by atoms with van der Waals surface area (Å²) in [6.07, 6.45) is 5.50. The molecular formula is C15H15N3. The zero-order valence-corrected chi connectivity index (χ0v) is 10.2. The Morgan fingerprint density at radius 1 is 1.00 bits per heavy atom. The summed E-state index contributed by atoms with van der Waals surface area (Å²) in [7, 11) is 0. The molecule has 1 heterocycles. The van der Waals surface area contributed by atoms with Crippen molar-refractivity contribution in [1.82, 2.24) is 14.8 Å². The molecule has 0 spiro atoms. The van der Waals surface area contributed by atoms with Crippen LogP contribution in [0.15, 0.2) is 55.1 Å². The van der Waals surface area contributed by atoms with Gasteiger partial charge in [0.05, 0.1) is 0 Å². The topological polar surface area (TPSA) is 30.7 Å². The first-order chi connectivity index (χ1) is 8.93. The largest absolute Gasteiger partial charge is 0.253 e. The van der Waals surface area contributed by atoms with Crippen LogP contribution >= 0.6 is 0 Å². The predicted octanol–water partition coefficient (Wildman–Crippen LogP) is 3.06. The number of benzene rings is 2. The summed E-state index contributed by atoms with van der Waals surface area (Å²) in [4.78, 5) is 3.95. The van der Waals surface area contributed by atoms with Crippen molar-refractivity contribution < 1.29 is 0 Å². The van der Waals surface area contributed by atoms with E-state index in [0.717, 1.165) is 19.4 Å². The van der Waals surface area contributed by atoms with Crippen molar-refractivity contribution >= 4 is 10.8 Å². The van der Waals surface area contributed by atoms with Crippen LogP contribution in [0, 0.1) is 0 Å². The molecule has 3 rings (SSSR count). The van der Waals surface area contributed by atoms with E-state index in [0.29, 0.717) is 0 Å². The normalized spacial score (nSPS) is 10.9. The smallest absolute Gasteiger partial charge is 0.137 e. The Bertz CT molecular complexity index is 624. The van der Waals surface area contributed by atoms with Gasteiger partial charge in [-0.2, -0.15) is 5.10 Å². The summed E-state index contributed by atoms with van der Waals surface area (Å²) >= 11 is 0. The number of hydrogen-bond donors (Lipinski definition) is 0. The molecule has 3 heteroatoms. The van der Waals surface area contributed by atoms with Gasteiger partial charge in [0, 0.05) is 6.54 Å². The number of hydrogen-bond acceptors (Lipinski definition) is 2. The first-order valence-corrected chi connectivity index (χ1v) is 6.22. The highest BCUT2D eigenvalue weighted by Crippen LogP contribution is 2.19. The zero-order valence-electron chi connectivity index (χ0n) is 10.2. The van der Waals surface area contributed by atoms with E-state index < -0.39 is 0 Å². The van der Waals surface area contributed by atoms with E-state index in [1.165, 1.54) is 16.3 Å². The summed E-state index contributed by atoms with van der Waals surface area (Å²) in [5, 5.41) is 6.79. The highest BCUT2D eigenvalue weighted by atomic mass is 15.3. The summed E-state index contributed by atoms with van der Waals surface area (Å²) in [5.41, 5.74) is 1.41. The van der Waals surface area contributed by atoms with Crippen LogP contribution in [0.5, 0.6) is 0 Å². The monoisotopic (exact) mass is 237 g/mol. The molecule has 0 atom stereocenters. The number of aryl methyl sites for hydroxylation is 2. The second-order valence-corrected chi connectivity index (χ2v) is 4.40. The number of rotatable bonds is 4. The maximum atomic E-state index is 4.12. The Morgan fingerprint density at radius 2 is 1.89 bits per heavy atom. The molecule has 0 fully saturated rings. The molecule has 0 bridgehead atoms. The van der Waals surface area contributed by atoms with Crippen molar-refractivity contribution in [3.05, 3.63) is 60.7 Å². The van der Waals surface area contributed by atoms with Gasteiger partial charge in [-0.1, -0.05) is 42.5 Å². The second kappa shape index (κ2) is 5.00. The van der Waals surface area contributed by atoms with Crippen molar-refractivity contribution in [2.75, 3.05) is 0 Å². The Morgan fingerprint density at radius 3 is 2.78 bits per heavy atom. The predicted molar refractivity (Wildman–Crippen MR) is 72.3 cm³/mol. The average molecular weight is 237 g/mol. The first kappa shape index (κ1) is 11.0. The summed E-state index contributed by atoms with van der Waals surface area (Å²) in [6, 6.07) is 15.0. The minimum Gasteiger partial charge on any atom is -0.253 e. The van der Waals surface area contributed by atoms with Crippen LogP contribution in [-0.4, -0.2) is 14.8 Å². The number of aromatic nitrogens is 3. The van der Waals surface area contributed by atoms with Gasteiger partial charge in [-0.15, -0.1) is 0 Å². The van der Waals surface area contributed by atoms with Gasteiger partial charge in [0.25, 0.3) is 0 Å². The molecule has 0 amide bonds. The van der Waals surface area contributed by atoms with E-state index in [-0.39, 0.29) is 0 Å². The summed E-state index contributed by atoms with van der Waals surface area (Å²) in [5.74, 6) is 0. The van der Waals surface area contributed by atoms with Crippen molar-refractivity contribution in [2.45, 2.75) is 19.4 Å². The molecule has 90 valence electrons. The van der Waals surface area contributed by atoms with Crippen LogP contribution in [0.3, 0.4) is 0 Å². The van der Waals surface area contributed by atoms with E-state index in [4.69, 9.17) is 0 Å². The molecule has 3 aromatic rings. The zero-order chi connectivity index (χ0) is 12.2. The van der Waals surface area contributed by atoms with Gasteiger partial charge in [0.1, 0.15) is 12.7 Å². The van der Waals surface area contributed by atoms with Gasteiger partial charge in [0.2, 0.25) is 0 Å². The molecule has 0 unspecified atom stereocenters. The fraction of sp³-hybridized carbons (Fsp3) is 0.200. The average Bonchev–Trinajstić information content (AvgIpc) is 2.92. The molecule has 0 radical (unpaired) electrons. The van der Waals surface area contributed by atoms with Gasteiger partial charge >= 0.3 is 0 Å². The molecule has 0 aliphatic rings. The molecule has 2 aromatic carbocycles. The highest BCUT2D eigenvalue weighted by Gasteiger charge is 2.00. The van der Waals surface area contributed by atoms with Gasteiger partial charge in [-0.05, 0) is 29.2 Å². The number of fused-ring (bicyclic) bond motifs is 1. The Hall–Kier alpha value is -2.16. The van der Waals surface area contributed by atoms with Gasteiger partial charge in [-0.25, -0.2) is 4.98 Å². The summed E-state index contributed by atoms with van der Waals surface area (Å²) < 4.78 is 1.88. The lowest BCUT2D eigenvalue weighted by Gasteiger charge is -2.06. The number of nitrogens with zero attached hydrogens (tertiary/aromatic N) is 3. The van der Waals surface area contributed by atoms with Crippen molar-refractivity contribution in [2.24, 2.45) is 0 Å². The van der Waals surface area contributed by atoms with Crippen LogP contribution in [-0.2, 0) is 13.0 Å². The van der Waals surface area contributed by atoms with Crippen molar-refractivity contribution in [3.63, 3.8) is 0 Å². The third-order valence-electron chi connectivity index (χ3n) is 3.18. The van der Waals surface area contributed by atoms with Crippen LogP contribution in [0.1, 0.15) is 12.0 Å². The fourth-order valence-electron chi connectivity index (χ4n) is 2.29. The Balaban J connectivity index is 1.74. The molecule has 0 saturated heterocycles. The van der Waals surface area contributed by atoms with Gasteiger partial charge < -0.3 is 0 Å². The molecule has 1 aromatic heterocycles. The lowest BCUT2D eigenvalue weighted by Crippen LogP contribution is -2.00. The molecule has 18 heavy (non-hydrogen) atoms. The standard InChI is InChI=1S/C15H15N3/c1-2-9-15-13(5-1)6-3-7-14(15)8-4-10-18-12-16-11-17-18/h1-3,5-7,9,11-12H,4,8,10H2. The molecule has 0 aliphatic carbocycles. The van der Waals surface area contributed by atoms with E-state index in [1.54, 1.807) is 12.7 Å². The van der Waals surface area contributed by atoms with Crippen molar-refractivity contribution in [1.29, 1.82) is 0 Å². The Labute approximate surface area is 106 Å². The lowest BCUT2D eigenvalue weighted by atomic mass is 10.0. The van der Waals surface area contributed by atoms with E-state index in [2.05, 4.69) is 52.5 Å². The SMILES string of the molecule is c1ccc2c(CCCn3cncn3)cccc2c1. The molecular weight excluding hydrogens is 222 g/mol. The first-order valence-electron chi connectivity index (χ1n) is 6.22. The summed E-state index contributed by atoms with van der Waals surface area (Å²) in [6.45, 7) is 0.920. The van der Waals surface area contributed by atoms with Crippen LogP contribution in [0.2, 0.25) is 0 Å². The van der Waals surface area contributed by atoms with E-state index in [9.17, 15) is 0 Å². The third-order valence-corrected chi connectivity index (χ3v) is 3.18. The van der Waals surface area contributed by atoms with Crippen LogP contribution in [0.25, 0.3) is 10.8 Å². The van der Waals surface area contributed by atoms with Gasteiger partial charge in [-0.3, -0.25) is 4.68 Å². The van der Waals surface area contributed by atoms with Crippen LogP contribution < -0.4 is 0 Å². The minimum absolute atomic E-state index is 0.920. The molecule has 0 aliphatic heterocycles. The quantitative estimate of drug-likeness (QED) is 0.698. The second-order valence-electron chi connectivity index (χ2n) is 4.40. The third kappa shape index (κ3) is 2.25. The van der Waals surface area contributed by atoms with E-state index >= 15 is 0 Å². The fourth-order valence-corrected chi connectivity index (χ4v) is 2.29. The minimum atomic E-state index is 0.920. The maximum Gasteiger partial charge on any atom is 0.137 e. The molecule has 0 N–H and O–H groups in total. The maximum absolute atomic E-state index is 4.12. The Kier molecular flexibility index (Phi) is 3.05. The lowest BCUT2D eigenvalue weighted by molar-refractivity contribution is 0.578. The van der Waals surface area contributed by atoms with Gasteiger partial charge in [0.15, 0.2) is 0 Å². The molecule has 0 saturated carbocycles. The van der Waals surface area contributed by atoms with Crippen LogP contribution in [0.4, 0.5) is 0 Å². The van der Waals surface area contributed by atoms with E-state index in [1.807, 2.05) is 4.68 Å².